The Morgan fingerprint density at radius 2 is 1.01 bits per heavy atom. The highest BCUT2D eigenvalue weighted by Crippen LogP contribution is 2.89. The van der Waals surface area contributed by atoms with Crippen molar-refractivity contribution in [1.82, 2.24) is 0 Å². The Bertz CT molecular complexity index is 3830. The molecule has 0 aliphatic heterocycles. The summed E-state index contributed by atoms with van der Waals surface area (Å²) < 4.78 is 0. The molecule has 71 heavy (non-hydrogen) atoms. The number of fused-ring (bicyclic) bond motifs is 12. The molecule has 2 bridgehead atoms. The van der Waals surface area contributed by atoms with E-state index in [0.717, 1.165) is 35.0 Å². The van der Waals surface area contributed by atoms with Crippen molar-refractivity contribution in [2.24, 2.45) is 29.1 Å². The summed E-state index contributed by atoms with van der Waals surface area (Å²) in [5.41, 5.74) is 24.2. The van der Waals surface area contributed by atoms with Gasteiger partial charge in [-0.1, -0.05) is 200 Å². The molecular formula is C70H53N. The maximum Gasteiger partial charge on any atom is 0.0543 e. The average Bonchev–Trinajstić information content (AvgIpc) is 4.19. The van der Waals surface area contributed by atoms with Crippen molar-refractivity contribution in [3.63, 3.8) is 0 Å². The highest BCUT2D eigenvalue weighted by molar-refractivity contribution is 6.09. The number of hydrogen-bond donors (Lipinski definition) is 0. The number of rotatable bonds is 7. The molecule has 1 heteroatoms. The summed E-state index contributed by atoms with van der Waals surface area (Å²) in [4.78, 5) is 2.57. The van der Waals surface area contributed by atoms with Gasteiger partial charge in [0.15, 0.2) is 0 Å². The smallest absolute Gasteiger partial charge is 0.0543 e. The van der Waals surface area contributed by atoms with Gasteiger partial charge in [-0.2, -0.15) is 0 Å². The van der Waals surface area contributed by atoms with Gasteiger partial charge in [-0.25, -0.2) is 0 Å². The minimum absolute atomic E-state index is 0.175. The van der Waals surface area contributed by atoms with E-state index < -0.39 is 0 Å². The molecule has 7 unspecified atom stereocenters. The molecule has 16 rings (SSSR count). The summed E-state index contributed by atoms with van der Waals surface area (Å²) in [6, 6.07) is 87.4. The quantitative estimate of drug-likeness (QED) is 0.154. The molecule has 4 saturated carbocycles. The summed E-state index contributed by atoms with van der Waals surface area (Å²) in [5, 5.41) is 2.50. The maximum absolute atomic E-state index is 2.64. The monoisotopic (exact) mass is 907 g/mol. The molecule has 0 N–H and O–H groups in total. The third kappa shape index (κ3) is 5.07. The largest absolute Gasteiger partial charge is 0.309 e. The summed E-state index contributed by atoms with van der Waals surface area (Å²) in [6.07, 6.45) is 5.82. The Morgan fingerprint density at radius 3 is 1.82 bits per heavy atom. The maximum atomic E-state index is 2.64. The number of benzene rings is 10. The first-order chi connectivity index (χ1) is 35.1. The molecule has 0 saturated heterocycles. The molecule has 0 heterocycles. The lowest BCUT2D eigenvalue weighted by molar-refractivity contribution is -0.231. The third-order valence-corrected chi connectivity index (χ3v) is 19.4. The van der Waals surface area contributed by atoms with Gasteiger partial charge in [-0.3, -0.25) is 0 Å². The van der Waals surface area contributed by atoms with Crippen molar-refractivity contribution in [3.8, 4) is 55.6 Å². The van der Waals surface area contributed by atoms with Crippen molar-refractivity contribution >= 4 is 27.8 Å². The van der Waals surface area contributed by atoms with Crippen molar-refractivity contribution < 1.29 is 0 Å². The lowest BCUT2D eigenvalue weighted by atomic mass is 9.27. The van der Waals surface area contributed by atoms with E-state index >= 15 is 0 Å². The Morgan fingerprint density at radius 1 is 0.408 bits per heavy atom. The van der Waals surface area contributed by atoms with Crippen LogP contribution in [0, 0.1) is 29.1 Å². The first-order valence-electron chi connectivity index (χ1n) is 26.2. The highest BCUT2D eigenvalue weighted by Gasteiger charge is 2.84. The molecule has 6 aliphatic rings. The molecule has 0 amide bonds. The minimum Gasteiger partial charge on any atom is -0.309 e. The Kier molecular flexibility index (Phi) is 8.14. The zero-order valence-electron chi connectivity index (χ0n) is 40.0. The van der Waals surface area contributed by atoms with Gasteiger partial charge >= 0.3 is 0 Å². The fourth-order valence-corrected chi connectivity index (χ4v) is 16.8. The predicted molar refractivity (Wildman–Crippen MR) is 293 cm³/mol. The van der Waals surface area contributed by atoms with E-state index in [2.05, 4.69) is 242 Å². The second-order valence-corrected chi connectivity index (χ2v) is 22.1. The van der Waals surface area contributed by atoms with E-state index in [1.165, 1.54) is 114 Å². The lowest BCUT2D eigenvalue weighted by Gasteiger charge is -2.76. The van der Waals surface area contributed by atoms with Crippen LogP contribution in [0.25, 0.3) is 66.4 Å². The van der Waals surface area contributed by atoms with E-state index in [1.54, 1.807) is 11.1 Å². The normalized spacial score (nSPS) is 25.2. The van der Waals surface area contributed by atoms with Gasteiger partial charge in [0.2, 0.25) is 0 Å². The zero-order valence-corrected chi connectivity index (χ0v) is 40.0. The van der Waals surface area contributed by atoms with Crippen LogP contribution in [0.1, 0.15) is 60.4 Å². The molecule has 10 aromatic rings. The van der Waals surface area contributed by atoms with Gasteiger partial charge in [-0.15, -0.1) is 0 Å². The van der Waals surface area contributed by atoms with Gasteiger partial charge < -0.3 is 4.90 Å². The third-order valence-electron chi connectivity index (χ3n) is 19.4. The molecule has 338 valence electrons. The van der Waals surface area contributed by atoms with E-state index in [0.29, 0.717) is 5.41 Å². The van der Waals surface area contributed by atoms with Crippen molar-refractivity contribution in [1.29, 1.82) is 0 Å². The number of anilines is 3. The molecule has 4 fully saturated rings. The van der Waals surface area contributed by atoms with E-state index in [1.807, 2.05) is 0 Å². The van der Waals surface area contributed by atoms with E-state index in [4.69, 9.17) is 0 Å². The van der Waals surface area contributed by atoms with Crippen LogP contribution in [0.2, 0.25) is 0 Å². The van der Waals surface area contributed by atoms with Crippen molar-refractivity contribution in [2.75, 3.05) is 4.90 Å². The van der Waals surface area contributed by atoms with Gasteiger partial charge in [0.25, 0.3) is 0 Å². The van der Waals surface area contributed by atoms with Crippen molar-refractivity contribution in [2.45, 2.75) is 43.4 Å². The molecule has 6 aliphatic carbocycles. The Labute approximate surface area is 417 Å². The molecule has 0 radical (unpaired) electrons. The SMILES string of the molecule is CC1(c2ccccc2)c2ccccc2-c2c(N(c3ccc(-c4ccc5c(c4)C4(c6ccccc6-5)C5CC6CC7CC4C75C6)cc3)c3ccccc3-c3cccc4cccc(-c5ccccc5)c34)cccc21. The first-order valence-corrected chi connectivity index (χ1v) is 26.2. The lowest BCUT2D eigenvalue weighted by Crippen LogP contribution is -2.73. The number of para-hydroxylation sites is 1. The van der Waals surface area contributed by atoms with Crippen LogP contribution in [0.15, 0.2) is 231 Å². The standard InChI is InChI=1S/C70H53N/c1-68(49-21-6-3-7-22-49)58-28-11-9-25-57(58)67-60(68)30-16-32-63(67)71(62-31-13-10-24-55(62)56-27-15-20-47-19-14-26-52(66(47)56)46-17-4-2-5-18-46)51-36-33-45(34-37-51)48-35-38-54-53-23-8-12-29-59(53)70(61(54)41-48)64-40-44-39-50-42-65(70)69(50,64)43-44/h2-38,41,44,50,64-65H,39-40,42-43H2,1H3. The summed E-state index contributed by atoms with van der Waals surface area (Å²) >= 11 is 0. The van der Waals surface area contributed by atoms with Crippen LogP contribution >= 0.6 is 0 Å². The molecule has 1 nitrogen and oxygen atoms in total. The summed E-state index contributed by atoms with van der Waals surface area (Å²) in [5.74, 6) is 3.49. The molecular weight excluding hydrogens is 855 g/mol. The van der Waals surface area contributed by atoms with Crippen LogP contribution in [0.5, 0.6) is 0 Å². The van der Waals surface area contributed by atoms with Crippen LogP contribution in [-0.4, -0.2) is 0 Å². The van der Waals surface area contributed by atoms with E-state index in [-0.39, 0.29) is 10.8 Å². The first kappa shape index (κ1) is 40.0. The van der Waals surface area contributed by atoms with Gasteiger partial charge in [-0.05, 0) is 175 Å². The second-order valence-electron chi connectivity index (χ2n) is 22.1. The van der Waals surface area contributed by atoms with E-state index in [9.17, 15) is 0 Å². The summed E-state index contributed by atoms with van der Waals surface area (Å²) in [7, 11) is 0. The van der Waals surface area contributed by atoms with Crippen LogP contribution < -0.4 is 4.90 Å². The fraction of sp³-hybridized carbons (Fsp3) is 0.171. The Balaban J connectivity index is 0.888. The zero-order chi connectivity index (χ0) is 46.6. The fourth-order valence-electron chi connectivity index (χ4n) is 16.8. The van der Waals surface area contributed by atoms with Crippen LogP contribution in [0.4, 0.5) is 17.1 Å². The van der Waals surface area contributed by atoms with Crippen LogP contribution in [0.3, 0.4) is 0 Å². The average molecular weight is 908 g/mol. The highest BCUT2D eigenvalue weighted by atomic mass is 15.1. The Hall–Kier alpha value is -7.74. The number of nitrogens with zero attached hydrogens (tertiary/aromatic N) is 1. The van der Waals surface area contributed by atoms with Gasteiger partial charge in [0.1, 0.15) is 0 Å². The molecule has 2 spiro atoms. The minimum atomic E-state index is -0.332. The van der Waals surface area contributed by atoms with Gasteiger partial charge in [0, 0.05) is 27.6 Å². The predicted octanol–water partition coefficient (Wildman–Crippen LogP) is 18.0. The molecule has 7 atom stereocenters. The van der Waals surface area contributed by atoms with Crippen molar-refractivity contribution in [3.05, 3.63) is 258 Å². The number of hydrogen-bond acceptors (Lipinski definition) is 1. The topological polar surface area (TPSA) is 3.24 Å². The second kappa shape index (κ2) is 14.4. The molecule has 10 aromatic carbocycles. The van der Waals surface area contributed by atoms with Crippen LogP contribution in [-0.2, 0) is 10.8 Å². The van der Waals surface area contributed by atoms with Gasteiger partial charge in [0.05, 0.1) is 11.4 Å². The molecule has 0 aromatic heterocycles. The summed E-state index contributed by atoms with van der Waals surface area (Å²) in [6.45, 7) is 2.42.